The second-order valence-corrected chi connectivity index (χ2v) is 5.96. The maximum absolute atomic E-state index is 11.7. The molecule has 22 heavy (non-hydrogen) atoms. The van der Waals surface area contributed by atoms with Crippen molar-refractivity contribution in [3.8, 4) is 0 Å². The lowest BCUT2D eigenvalue weighted by Gasteiger charge is -2.42. The van der Waals surface area contributed by atoms with Crippen LogP contribution in [0, 0.1) is 5.92 Å². The molecule has 4 nitrogen and oxygen atoms in total. The second-order valence-electron chi connectivity index (χ2n) is 5.96. The highest BCUT2D eigenvalue weighted by molar-refractivity contribution is 5.95. The van der Waals surface area contributed by atoms with Gasteiger partial charge in [0.05, 0.1) is 0 Å². The smallest absolute Gasteiger partial charge is 0.318 e. The number of benzene rings is 1. The van der Waals surface area contributed by atoms with Crippen molar-refractivity contribution >= 4 is 11.9 Å². The van der Waals surface area contributed by atoms with Crippen molar-refractivity contribution in [2.24, 2.45) is 5.92 Å². The highest BCUT2D eigenvalue weighted by Crippen LogP contribution is 2.47. The lowest BCUT2D eigenvalue weighted by Crippen LogP contribution is -2.46. The first kappa shape index (κ1) is 16.3. The van der Waals surface area contributed by atoms with Crippen LogP contribution in [-0.4, -0.2) is 22.2 Å². The number of unbranched alkanes of at least 4 members (excludes halogenated alkanes) is 1. The van der Waals surface area contributed by atoms with Crippen LogP contribution in [0.1, 0.15) is 43.2 Å². The molecular weight excluding hydrogens is 280 g/mol. The summed E-state index contributed by atoms with van der Waals surface area (Å²) in [5.74, 6) is -3.90. The quantitative estimate of drug-likeness (QED) is 0.460. The molecule has 118 valence electrons. The molecule has 0 fully saturated rings. The number of carboxylic acids is 2. The Morgan fingerprint density at radius 3 is 2.59 bits per heavy atom. The fourth-order valence-corrected chi connectivity index (χ4v) is 3.80. The molecule has 0 amide bonds. The first-order valence-corrected chi connectivity index (χ1v) is 7.68. The fourth-order valence-electron chi connectivity index (χ4n) is 3.80. The summed E-state index contributed by atoms with van der Waals surface area (Å²) in [6.45, 7) is 3.69. The minimum absolute atomic E-state index is 0.555. The molecule has 1 aliphatic rings. The third-order valence-electron chi connectivity index (χ3n) is 4.70. The van der Waals surface area contributed by atoms with Crippen LogP contribution in [0.25, 0.3) is 0 Å². The normalized spacial score (nSPS) is 20.4. The predicted molar refractivity (Wildman–Crippen MR) is 83.9 cm³/mol. The Kier molecular flexibility index (Phi) is 5.01. The molecule has 0 bridgehead atoms. The molecule has 0 radical (unpaired) electrons. The molecule has 2 N–H and O–H groups in total. The summed E-state index contributed by atoms with van der Waals surface area (Å²) >= 11 is 0. The molecule has 0 saturated carbocycles. The molecule has 0 spiro atoms. The topological polar surface area (TPSA) is 74.6 Å². The van der Waals surface area contributed by atoms with E-state index in [0.717, 1.165) is 36.8 Å². The minimum atomic E-state index is -1.40. The maximum atomic E-state index is 11.7. The number of carboxylic acid groups (broad SMARTS) is 2. The standard InChI is InChI=1S/C18H22O4/c1-2-3-6-11-18(15(16(19)20)17(21)22)12-7-9-13-8-4-5-10-14(13)18/h2,4-5,8,10,15H,1,3,6-7,9,11-12H2,(H,19,20)(H,21,22). The van der Waals surface area contributed by atoms with Crippen molar-refractivity contribution in [3.05, 3.63) is 48.0 Å². The highest BCUT2D eigenvalue weighted by Gasteiger charge is 2.50. The first-order chi connectivity index (χ1) is 10.5. The molecule has 0 saturated heterocycles. The van der Waals surface area contributed by atoms with Gasteiger partial charge in [0.1, 0.15) is 0 Å². The van der Waals surface area contributed by atoms with E-state index in [1.165, 1.54) is 0 Å². The molecule has 4 heteroatoms. The Labute approximate surface area is 130 Å². The van der Waals surface area contributed by atoms with Crippen molar-refractivity contribution in [1.82, 2.24) is 0 Å². The van der Waals surface area contributed by atoms with Crippen LogP contribution in [0.3, 0.4) is 0 Å². The van der Waals surface area contributed by atoms with Gasteiger partial charge in [-0.05, 0) is 49.7 Å². The lowest BCUT2D eigenvalue weighted by atomic mass is 9.60. The number of carbonyl (C=O) groups is 2. The largest absolute Gasteiger partial charge is 0.481 e. The van der Waals surface area contributed by atoms with E-state index in [1.807, 2.05) is 24.3 Å². The van der Waals surface area contributed by atoms with E-state index in [0.29, 0.717) is 12.8 Å². The zero-order valence-electron chi connectivity index (χ0n) is 12.6. The van der Waals surface area contributed by atoms with E-state index >= 15 is 0 Å². The van der Waals surface area contributed by atoms with E-state index in [9.17, 15) is 19.8 Å². The summed E-state index contributed by atoms with van der Waals surface area (Å²) in [4.78, 5) is 23.4. The van der Waals surface area contributed by atoms with Crippen LogP contribution in [0.15, 0.2) is 36.9 Å². The summed E-state index contributed by atoms with van der Waals surface area (Å²) in [5.41, 5.74) is 1.16. The number of hydrogen-bond acceptors (Lipinski definition) is 2. The summed E-state index contributed by atoms with van der Waals surface area (Å²) in [6.07, 6.45) is 6.15. The molecular formula is C18H22O4. The second kappa shape index (κ2) is 6.77. The third-order valence-corrected chi connectivity index (χ3v) is 4.70. The third kappa shape index (κ3) is 2.91. The molecule has 0 aromatic heterocycles. The van der Waals surface area contributed by atoms with Gasteiger partial charge in [0, 0.05) is 5.41 Å². The number of hydrogen-bond donors (Lipinski definition) is 2. The van der Waals surface area contributed by atoms with E-state index in [4.69, 9.17) is 0 Å². The van der Waals surface area contributed by atoms with Crippen molar-refractivity contribution in [2.45, 2.75) is 43.9 Å². The fraction of sp³-hybridized carbons (Fsp3) is 0.444. The van der Waals surface area contributed by atoms with Crippen LogP contribution >= 0.6 is 0 Å². The number of rotatable bonds is 7. The Morgan fingerprint density at radius 1 is 1.27 bits per heavy atom. The van der Waals surface area contributed by atoms with Crippen molar-refractivity contribution in [3.63, 3.8) is 0 Å². The van der Waals surface area contributed by atoms with Crippen LogP contribution in [0.2, 0.25) is 0 Å². The molecule has 0 aliphatic heterocycles. The van der Waals surface area contributed by atoms with E-state index < -0.39 is 23.3 Å². The van der Waals surface area contributed by atoms with Gasteiger partial charge in [-0.3, -0.25) is 9.59 Å². The van der Waals surface area contributed by atoms with Gasteiger partial charge in [-0.25, -0.2) is 0 Å². The maximum Gasteiger partial charge on any atom is 0.318 e. The summed E-state index contributed by atoms with van der Waals surface area (Å²) < 4.78 is 0. The molecule has 2 rings (SSSR count). The van der Waals surface area contributed by atoms with Gasteiger partial charge >= 0.3 is 11.9 Å². The van der Waals surface area contributed by atoms with Crippen LogP contribution in [-0.2, 0) is 21.4 Å². The van der Waals surface area contributed by atoms with Crippen molar-refractivity contribution in [2.75, 3.05) is 0 Å². The minimum Gasteiger partial charge on any atom is -0.481 e. The molecule has 0 heterocycles. The van der Waals surface area contributed by atoms with Crippen molar-refractivity contribution in [1.29, 1.82) is 0 Å². The molecule has 1 aliphatic carbocycles. The molecule has 1 atom stereocenters. The summed E-state index contributed by atoms with van der Waals surface area (Å²) in [5, 5.41) is 19.1. The van der Waals surface area contributed by atoms with Crippen LogP contribution < -0.4 is 0 Å². The van der Waals surface area contributed by atoms with Gasteiger partial charge in [-0.1, -0.05) is 30.3 Å². The van der Waals surface area contributed by atoms with Gasteiger partial charge < -0.3 is 10.2 Å². The Hall–Kier alpha value is -2.10. The number of allylic oxidation sites excluding steroid dienone is 1. The van der Waals surface area contributed by atoms with E-state index in [2.05, 4.69) is 6.58 Å². The van der Waals surface area contributed by atoms with Crippen LogP contribution in [0.4, 0.5) is 0 Å². The van der Waals surface area contributed by atoms with Gasteiger partial charge in [0.2, 0.25) is 0 Å². The van der Waals surface area contributed by atoms with E-state index in [1.54, 1.807) is 6.08 Å². The first-order valence-electron chi connectivity index (χ1n) is 7.68. The SMILES string of the molecule is C=CCCCC1(C(C(=O)O)C(=O)O)CCCc2ccccc21. The molecule has 1 aromatic rings. The molecule has 1 unspecified atom stereocenters. The molecule has 1 aromatic carbocycles. The Balaban J connectivity index is 2.53. The summed E-state index contributed by atoms with van der Waals surface area (Å²) in [6, 6.07) is 7.68. The average molecular weight is 302 g/mol. The van der Waals surface area contributed by atoms with Gasteiger partial charge in [0.15, 0.2) is 5.92 Å². The summed E-state index contributed by atoms with van der Waals surface area (Å²) in [7, 11) is 0. The monoisotopic (exact) mass is 302 g/mol. The zero-order valence-corrected chi connectivity index (χ0v) is 12.6. The Bertz CT molecular complexity index is 564. The average Bonchev–Trinajstić information content (AvgIpc) is 2.47. The predicted octanol–water partition coefficient (Wildman–Crippen LogP) is 3.40. The van der Waals surface area contributed by atoms with Gasteiger partial charge in [-0.2, -0.15) is 0 Å². The van der Waals surface area contributed by atoms with Gasteiger partial charge in [0.25, 0.3) is 0 Å². The van der Waals surface area contributed by atoms with Gasteiger partial charge in [-0.15, -0.1) is 6.58 Å². The number of aryl methyl sites for hydroxylation is 1. The number of aliphatic carboxylic acids is 2. The zero-order chi connectivity index (χ0) is 16.2. The van der Waals surface area contributed by atoms with Crippen molar-refractivity contribution < 1.29 is 19.8 Å². The Morgan fingerprint density at radius 2 is 1.95 bits per heavy atom. The van der Waals surface area contributed by atoms with E-state index in [-0.39, 0.29) is 0 Å². The highest BCUT2D eigenvalue weighted by atomic mass is 16.4. The van der Waals surface area contributed by atoms with Crippen LogP contribution in [0.5, 0.6) is 0 Å². The number of fused-ring (bicyclic) bond motifs is 1. The lowest BCUT2D eigenvalue weighted by molar-refractivity contribution is -0.159.